The van der Waals surface area contributed by atoms with Crippen LogP contribution in [0.5, 0.6) is 0 Å². The Hall–Kier alpha value is -2.84. The molecule has 2 aliphatic rings. The number of fused-ring (bicyclic) bond motifs is 2. The molecule has 174 valence electrons. The summed E-state index contributed by atoms with van der Waals surface area (Å²) in [5.41, 5.74) is 1.87. The molecule has 0 aliphatic carbocycles. The first-order chi connectivity index (χ1) is 15.9. The van der Waals surface area contributed by atoms with Crippen molar-refractivity contribution in [2.45, 2.75) is 50.7 Å². The minimum absolute atomic E-state index is 0.0701. The molecule has 2 aromatic rings. The fourth-order valence-electron chi connectivity index (χ4n) is 4.63. The molecule has 2 aromatic carbocycles. The Bertz CT molecular complexity index is 1020. The average molecular weight is 487 g/mol. The Morgan fingerprint density at radius 3 is 2.36 bits per heavy atom. The maximum absolute atomic E-state index is 12.5. The summed E-state index contributed by atoms with van der Waals surface area (Å²) in [4.78, 5) is 26.6. The fourth-order valence-corrected chi connectivity index (χ4v) is 5.22. The number of piperidine rings is 1. The molecule has 7 nitrogen and oxygen atoms in total. The number of carbonyl (C=O) groups is 2. The van der Waals surface area contributed by atoms with E-state index < -0.39 is 0 Å². The number of nitrogens with one attached hydrogen (secondary N) is 3. The van der Waals surface area contributed by atoms with Crippen molar-refractivity contribution in [3.05, 3.63) is 59.1 Å². The molecule has 2 bridgehead atoms. The molecule has 0 radical (unpaired) electrons. The van der Waals surface area contributed by atoms with Crippen LogP contribution in [0.3, 0.4) is 0 Å². The van der Waals surface area contributed by atoms with Gasteiger partial charge in [0.2, 0.25) is 0 Å². The lowest BCUT2D eigenvalue weighted by Gasteiger charge is -2.40. The lowest BCUT2D eigenvalue weighted by Crippen LogP contribution is -2.54. The van der Waals surface area contributed by atoms with Crippen molar-refractivity contribution in [3.8, 4) is 0 Å². The maximum atomic E-state index is 12.5. The first kappa shape index (κ1) is 23.3. The Balaban J connectivity index is 1.30. The number of rotatable bonds is 5. The van der Waals surface area contributed by atoms with Gasteiger partial charge in [-0.1, -0.05) is 23.7 Å². The molecule has 2 fully saturated rings. The lowest BCUT2D eigenvalue weighted by atomic mass is 9.98. The Morgan fingerprint density at radius 2 is 1.73 bits per heavy atom. The van der Waals surface area contributed by atoms with E-state index in [9.17, 15) is 9.59 Å². The third kappa shape index (κ3) is 5.57. The van der Waals surface area contributed by atoms with Crippen LogP contribution in [-0.2, 0) is 4.74 Å². The van der Waals surface area contributed by atoms with Crippen LogP contribution in [0.1, 0.15) is 43.0 Å². The highest BCUT2D eigenvalue weighted by atomic mass is 35.5. The number of nitrogens with zero attached hydrogens (tertiary/aromatic N) is 1. The van der Waals surface area contributed by atoms with Gasteiger partial charge in [0.05, 0.1) is 22.9 Å². The van der Waals surface area contributed by atoms with Crippen LogP contribution < -0.4 is 16.0 Å². The molecule has 0 unspecified atom stereocenters. The van der Waals surface area contributed by atoms with Crippen molar-refractivity contribution in [2.24, 2.45) is 0 Å². The van der Waals surface area contributed by atoms with E-state index in [1.165, 1.54) is 0 Å². The van der Waals surface area contributed by atoms with Crippen LogP contribution in [0.25, 0.3) is 0 Å². The van der Waals surface area contributed by atoms with E-state index in [4.69, 9.17) is 28.6 Å². The number of hydrogen-bond donors (Lipinski definition) is 3. The summed E-state index contributed by atoms with van der Waals surface area (Å²) >= 11 is 12.0. The van der Waals surface area contributed by atoms with E-state index in [0.717, 1.165) is 31.4 Å². The average Bonchev–Trinajstić information content (AvgIpc) is 3.06. The number of para-hydroxylation sites is 1. The second-order valence-corrected chi connectivity index (χ2v) is 9.06. The Morgan fingerprint density at radius 1 is 1.06 bits per heavy atom. The summed E-state index contributed by atoms with van der Waals surface area (Å²) < 4.78 is 4.98. The van der Waals surface area contributed by atoms with Crippen LogP contribution in [0, 0.1) is 0 Å². The van der Waals surface area contributed by atoms with Gasteiger partial charge in [0.1, 0.15) is 0 Å². The minimum atomic E-state index is -0.377. The van der Waals surface area contributed by atoms with Crippen molar-refractivity contribution in [1.29, 1.82) is 0 Å². The van der Waals surface area contributed by atoms with Crippen molar-refractivity contribution >= 4 is 52.3 Å². The van der Waals surface area contributed by atoms with Gasteiger partial charge in [-0.15, -0.1) is 0 Å². The van der Waals surface area contributed by atoms with E-state index in [1.54, 1.807) is 31.2 Å². The van der Waals surface area contributed by atoms with E-state index in [1.807, 2.05) is 24.3 Å². The number of urea groups is 1. The summed E-state index contributed by atoms with van der Waals surface area (Å²) in [5.74, 6) is -0.377. The van der Waals surface area contributed by atoms with Gasteiger partial charge in [-0.3, -0.25) is 0 Å². The van der Waals surface area contributed by atoms with E-state index in [0.29, 0.717) is 28.0 Å². The molecule has 2 atom stereocenters. The second kappa shape index (κ2) is 10.4. The molecule has 9 heteroatoms. The summed E-state index contributed by atoms with van der Waals surface area (Å²) in [5, 5.41) is 10.5. The maximum Gasteiger partial charge on any atom is 0.338 e. The van der Waals surface area contributed by atoms with Crippen molar-refractivity contribution in [2.75, 3.05) is 17.2 Å². The number of anilines is 2. The summed E-state index contributed by atoms with van der Waals surface area (Å²) in [7, 11) is 0. The van der Waals surface area contributed by atoms with Crippen molar-refractivity contribution in [1.82, 2.24) is 10.2 Å². The fraction of sp³-hybridized carbons (Fsp3) is 0.375. The SMILES string of the molecule is CCOC(=O)c1ccc(NC(=O)NC2C[C@@H]3CC[C@@H](C2)N3C(=S)Nc2ccccc2Cl)cc1. The molecule has 3 N–H and O–H groups in total. The van der Waals surface area contributed by atoms with Crippen molar-refractivity contribution in [3.63, 3.8) is 0 Å². The van der Waals surface area contributed by atoms with E-state index in [-0.39, 0.29) is 30.1 Å². The molecule has 33 heavy (non-hydrogen) atoms. The molecule has 4 rings (SSSR count). The quantitative estimate of drug-likeness (QED) is 0.406. The minimum Gasteiger partial charge on any atom is -0.462 e. The Kier molecular flexibility index (Phi) is 7.35. The van der Waals surface area contributed by atoms with Gasteiger partial charge >= 0.3 is 12.0 Å². The number of halogens is 1. The highest BCUT2D eigenvalue weighted by Crippen LogP contribution is 2.36. The monoisotopic (exact) mass is 486 g/mol. The molecule has 2 amide bonds. The lowest BCUT2D eigenvalue weighted by molar-refractivity contribution is 0.0526. The van der Waals surface area contributed by atoms with E-state index >= 15 is 0 Å². The smallest absolute Gasteiger partial charge is 0.338 e. The highest BCUT2D eigenvalue weighted by Gasteiger charge is 2.42. The number of carbonyl (C=O) groups excluding carboxylic acids is 2. The number of hydrogen-bond acceptors (Lipinski definition) is 4. The first-order valence-electron chi connectivity index (χ1n) is 11.1. The summed E-state index contributed by atoms with van der Waals surface area (Å²) in [6, 6.07) is 14.6. The second-order valence-electron chi connectivity index (χ2n) is 8.27. The van der Waals surface area contributed by atoms with E-state index in [2.05, 4.69) is 20.9 Å². The van der Waals surface area contributed by atoms with Gasteiger partial charge in [0.25, 0.3) is 0 Å². The standard InChI is InChI=1S/C24H27ClN4O3S/c1-2-32-22(30)15-7-9-16(10-8-15)26-23(31)27-17-13-18-11-12-19(14-17)29(18)24(33)28-21-6-4-3-5-20(21)25/h3-10,17-19H,2,11-14H2,1H3,(H,28,33)(H2,26,27,31)/t18-,19-/m0/s1. The zero-order chi connectivity index (χ0) is 23.4. The Labute approximate surface area is 203 Å². The summed E-state index contributed by atoms with van der Waals surface area (Å²) in [6.07, 6.45) is 3.75. The largest absolute Gasteiger partial charge is 0.462 e. The van der Waals surface area contributed by atoms with Crippen LogP contribution >= 0.6 is 23.8 Å². The molecule has 0 aromatic heterocycles. The van der Waals surface area contributed by atoms with Crippen LogP contribution in [0.4, 0.5) is 16.2 Å². The highest BCUT2D eigenvalue weighted by molar-refractivity contribution is 7.80. The third-order valence-electron chi connectivity index (χ3n) is 6.07. The van der Waals surface area contributed by atoms with Crippen molar-refractivity contribution < 1.29 is 14.3 Å². The predicted molar refractivity (Wildman–Crippen MR) is 134 cm³/mol. The first-order valence-corrected chi connectivity index (χ1v) is 11.9. The molecule has 0 spiro atoms. The normalized spacial score (nSPS) is 21.3. The van der Waals surface area contributed by atoms with Gasteiger partial charge in [0, 0.05) is 23.8 Å². The van der Waals surface area contributed by atoms with Crippen LogP contribution in [0.15, 0.2) is 48.5 Å². The molecule has 2 heterocycles. The third-order valence-corrected chi connectivity index (χ3v) is 6.71. The zero-order valence-corrected chi connectivity index (χ0v) is 19.9. The topological polar surface area (TPSA) is 82.7 Å². The van der Waals surface area contributed by atoms with Gasteiger partial charge in [-0.2, -0.15) is 0 Å². The number of amides is 2. The number of thiocarbonyl (C=S) groups is 1. The predicted octanol–water partition coefficient (Wildman–Crippen LogP) is 5.03. The van der Waals surface area contributed by atoms with Crippen LogP contribution in [-0.4, -0.2) is 46.7 Å². The summed E-state index contributed by atoms with van der Waals surface area (Å²) in [6.45, 7) is 2.08. The number of ether oxygens (including phenoxy) is 1. The zero-order valence-electron chi connectivity index (χ0n) is 18.3. The van der Waals surface area contributed by atoms with Gasteiger partial charge in [0.15, 0.2) is 5.11 Å². The van der Waals surface area contributed by atoms with Crippen LogP contribution in [0.2, 0.25) is 5.02 Å². The van der Waals surface area contributed by atoms with Gasteiger partial charge < -0.3 is 25.6 Å². The number of esters is 1. The molecule has 2 aliphatic heterocycles. The molecular weight excluding hydrogens is 460 g/mol. The van der Waals surface area contributed by atoms with Gasteiger partial charge in [-0.05, 0) is 81.2 Å². The molecule has 2 saturated heterocycles. The number of benzene rings is 2. The molecule has 0 saturated carbocycles. The van der Waals surface area contributed by atoms with Gasteiger partial charge in [-0.25, -0.2) is 9.59 Å². The molecular formula is C24H27ClN4O3S.